The van der Waals surface area contributed by atoms with Crippen molar-refractivity contribution < 1.29 is 14.6 Å². The van der Waals surface area contributed by atoms with Gasteiger partial charge in [0.05, 0.1) is 12.3 Å². The maximum Gasteiger partial charge on any atom is 0.206 e. The van der Waals surface area contributed by atoms with Gasteiger partial charge in [-0.3, -0.25) is 4.79 Å². The molecule has 0 heterocycles. The molecule has 0 saturated carbocycles. The minimum Gasteiger partial charge on any atom is -0.491 e. The lowest BCUT2D eigenvalue weighted by Gasteiger charge is -2.06. The third-order valence-corrected chi connectivity index (χ3v) is 3.89. The summed E-state index contributed by atoms with van der Waals surface area (Å²) in [6, 6.07) is 14.8. The number of nitrogens with one attached hydrogen (secondary N) is 1. The van der Waals surface area contributed by atoms with Gasteiger partial charge in [-0.2, -0.15) is 0 Å². The van der Waals surface area contributed by atoms with Crippen LogP contribution < -0.4 is 4.74 Å². The summed E-state index contributed by atoms with van der Waals surface area (Å²) < 4.78 is 5.31. The van der Waals surface area contributed by atoms with Crippen molar-refractivity contribution in [3.63, 3.8) is 0 Å². The van der Waals surface area contributed by atoms with Gasteiger partial charge in [0, 0.05) is 15.4 Å². The van der Waals surface area contributed by atoms with Gasteiger partial charge in [-0.15, -0.1) is 0 Å². The Bertz CT molecular complexity index is 651. The Morgan fingerprint density at radius 3 is 2.14 bits per heavy atom. The molecule has 0 aliphatic heterocycles. The highest BCUT2D eigenvalue weighted by molar-refractivity contribution is 7.99. The number of benzene rings is 2. The zero-order valence-corrected chi connectivity index (χ0v) is 13.0. The number of hydrogen-bond acceptors (Lipinski definition) is 5. The van der Waals surface area contributed by atoms with Gasteiger partial charge in [0.1, 0.15) is 12.4 Å². The molecule has 0 atom stereocenters. The van der Waals surface area contributed by atoms with Crippen molar-refractivity contribution in [1.82, 2.24) is 0 Å². The number of carbonyl (C=O) groups is 1. The quantitative estimate of drug-likeness (QED) is 0.606. The summed E-state index contributed by atoms with van der Waals surface area (Å²) in [5.41, 5.74) is 0.573. The Labute approximate surface area is 133 Å². The van der Waals surface area contributed by atoms with Crippen LogP contribution in [-0.2, 0) is 0 Å². The fraction of sp³-hybridized carbons (Fsp3) is 0.176. The van der Waals surface area contributed by atoms with Crippen molar-refractivity contribution in [1.29, 1.82) is 5.41 Å². The summed E-state index contributed by atoms with van der Waals surface area (Å²) in [5, 5.41) is 16.1. The Morgan fingerprint density at radius 1 is 1.09 bits per heavy atom. The number of aliphatic hydroxyl groups is 1. The molecule has 0 amide bonds. The highest BCUT2D eigenvalue weighted by Crippen LogP contribution is 2.29. The van der Waals surface area contributed by atoms with Crippen LogP contribution in [-0.4, -0.2) is 29.8 Å². The molecular weight excluding hydrogens is 298 g/mol. The zero-order valence-electron chi connectivity index (χ0n) is 12.2. The molecule has 114 valence electrons. The van der Waals surface area contributed by atoms with Crippen LogP contribution in [0.15, 0.2) is 58.3 Å². The minimum atomic E-state index is -0.248. The van der Waals surface area contributed by atoms with E-state index in [9.17, 15) is 4.79 Å². The van der Waals surface area contributed by atoms with Gasteiger partial charge in [-0.05, 0) is 55.5 Å². The third kappa shape index (κ3) is 4.44. The fourth-order valence-electron chi connectivity index (χ4n) is 1.79. The van der Waals surface area contributed by atoms with E-state index in [-0.39, 0.29) is 24.7 Å². The summed E-state index contributed by atoms with van der Waals surface area (Å²) >= 11 is 1.58. The molecule has 0 aliphatic carbocycles. The first-order valence-corrected chi connectivity index (χ1v) is 7.63. The minimum absolute atomic E-state index is 0.00318. The van der Waals surface area contributed by atoms with Gasteiger partial charge < -0.3 is 15.3 Å². The molecule has 0 spiro atoms. The summed E-state index contributed by atoms with van der Waals surface area (Å²) in [4.78, 5) is 13.7. The second-order valence-corrected chi connectivity index (χ2v) is 5.77. The molecule has 5 heteroatoms. The van der Waals surface area contributed by atoms with Crippen LogP contribution in [0.3, 0.4) is 0 Å². The second kappa shape index (κ2) is 7.77. The van der Waals surface area contributed by atoms with E-state index in [1.54, 1.807) is 23.9 Å². The van der Waals surface area contributed by atoms with E-state index in [4.69, 9.17) is 15.3 Å². The molecule has 4 nitrogen and oxygen atoms in total. The van der Waals surface area contributed by atoms with E-state index in [0.29, 0.717) is 5.56 Å². The van der Waals surface area contributed by atoms with Gasteiger partial charge in [0.25, 0.3) is 0 Å². The van der Waals surface area contributed by atoms with E-state index in [2.05, 4.69) is 0 Å². The van der Waals surface area contributed by atoms with Crippen LogP contribution in [0.25, 0.3) is 0 Å². The van der Waals surface area contributed by atoms with Crippen molar-refractivity contribution >= 4 is 23.3 Å². The fourth-order valence-corrected chi connectivity index (χ4v) is 2.61. The lowest BCUT2D eigenvalue weighted by molar-refractivity contribution is 0.106. The summed E-state index contributed by atoms with van der Waals surface area (Å²) in [6.07, 6.45) is 0. The average Bonchev–Trinajstić information content (AvgIpc) is 2.54. The maximum atomic E-state index is 11.7. The molecule has 0 saturated heterocycles. The summed E-state index contributed by atoms with van der Waals surface area (Å²) in [7, 11) is 0. The number of rotatable bonds is 7. The molecule has 2 rings (SSSR count). The lowest BCUT2D eigenvalue weighted by atomic mass is 10.1. The van der Waals surface area contributed by atoms with Crippen LogP contribution in [0.4, 0.5) is 0 Å². The van der Waals surface area contributed by atoms with Gasteiger partial charge >= 0.3 is 0 Å². The Kier molecular flexibility index (Phi) is 5.75. The predicted octanol–water partition coefficient (Wildman–Crippen LogP) is 3.43. The summed E-state index contributed by atoms with van der Waals surface area (Å²) in [6.45, 7) is 1.77. The predicted molar refractivity (Wildman–Crippen MR) is 87.3 cm³/mol. The molecule has 0 aromatic heterocycles. The topological polar surface area (TPSA) is 70.4 Å². The maximum absolute atomic E-state index is 11.7. The average molecular weight is 315 g/mol. The van der Waals surface area contributed by atoms with Crippen molar-refractivity contribution in [3.8, 4) is 5.75 Å². The van der Waals surface area contributed by atoms with E-state index in [1.165, 1.54) is 6.92 Å². The van der Waals surface area contributed by atoms with E-state index in [0.717, 1.165) is 15.5 Å². The number of Topliss-reactive ketones (excluding diaryl/α,β-unsaturated/α-hetero) is 1. The first-order valence-electron chi connectivity index (χ1n) is 6.81. The van der Waals surface area contributed by atoms with Gasteiger partial charge in [0.2, 0.25) is 5.78 Å². The number of ether oxygens (including phenoxy) is 1. The van der Waals surface area contributed by atoms with Gasteiger partial charge in [-0.25, -0.2) is 0 Å². The molecule has 0 fully saturated rings. The zero-order chi connectivity index (χ0) is 15.9. The molecule has 2 aromatic rings. The number of carbonyl (C=O) groups excluding carboxylic acids is 1. The first-order chi connectivity index (χ1) is 10.6. The Morgan fingerprint density at radius 2 is 1.64 bits per heavy atom. The SMILES string of the molecule is CC(=N)C(=O)c1ccc(Sc2ccc(OCCO)cc2)cc1. The number of hydrogen-bond donors (Lipinski definition) is 2. The van der Waals surface area contributed by atoms with Gasteiger partial charge in [-0.1, -0.05) is 11.8 Å². The van der Waals surface area contributed by atoms with Crippen molar-refractivity contribution in [3.05, 3.63) is 54.1 Å². The van der Waals surface area contributed by atoms with Crippen molar-refractivity contribution in [2.24, 2.45) is 0 Å². The molecule has 2 N–H and O–H groups in total. The molecule has 22 heavy (non-hydrogen) atoms. The largest absolute Gasteiger partial charge is 0.491 e. The number of aliphatic hydroxyl groups excluding tert-OH is 1. The third-order valence-electron chi connectivity index (χ3n) is 2.88. The smallest absolute Gasteiger partial charge is 0.206 e. The molecule has 2 aromatic carbocycles. The van der Waals surface area contributed by atoms with Crippen LogP contribution in [0.5, 0.6) is 5.75 Å². The van der Waals surface area contributed by atoms with E-state index in [1.807, 2.05) is 36.4 Å². The summed E-state index contributed by atoms with van der Waals surface area (Å²) in [5.74, 6) is 0.475. The monoisotopic (exact) mass is 315 g/mol. The molecular formula is C17H17NO3S. The van der Waals surface area contributed by atoms with Crippen molar-refractivity contribution in [2.45, 2.75) is 16.7 Å². The van der Waals surface area contributed by atoms with Crippen LogP contribution in [0, 0.1) is 5.41 Å². The van der Waals surface area contributed by atoms with Crippen LogP contribution in [0.1, 0.15) is 17.3 Å². The molecule has 0 unspecified atom stereocenters. The lowest BCUT2D eigenvalue weighted by Crippen LogP contribution is -2.08. The van der Waals surface area contributed by atoms with Crippen LogP contribution >= 0.6 is 11.8 Å². The Balaban J connectivity index is 2.01. The first kappa shape index (κ1) is 16.3. The van der Waals surface area contributed by atoms with Crippen molar-refractivity contribution in [2.75, 3.05) is 13.2 Å². The highest BCUT2D eigenvalue weighted by Gasteiger charge is 2.07. The molecule has 0 bridgehead atoms. The van der Waals surface area contributed by atoms with Gasteiger partial charge in [0.15, 0.2) is 0 Å². The Hall–Kier alpha value is -2.11. The van der Waals surface area contributed by atoms with E-state index < -0.39 is 0 Å². The van der Waals surface area contributed by atoms with Crippen LogP contribution in [0.2, 0.25) is 0 Å². The number of ketones is 1. The molecule has 0 aliphatic rings. The second-order valence-electron chi connectivity index (χ2n) is 4.62. The van der Waals surface area contributed by atoms with E-state index >= 15 is 0 Å². The molecule has 0 radical (unpaired) electrons. The normalized spacial score (nSPS) is 10.3. The standard InChI is InChI=1S/C17H17NO3S/c1-12(18)17(20)13-2-6-15(7-3-13)22-16-8-4-14(5-9-16)21-11-10-19/h2-9,18-19H,10-11H2,1H3. The highest BCUT2D eigenvalue weighted by atomic mass is 32.2.